The average Bonchev–Trinajstić information content (AvgIpc) is 2.28. The van der Waals surface area contributed by atoms with E-state index in [1.165, 1.54) is 6.07 Å². The van der Waals surface area contributed by atoms with E-state index in [0.29, 0.717) is 17.5 Å². The Morgan fingerprint density at radius 2 is 2.07 bits per heavy atom. The van der Waals surface area contributed by atoms with Crippen LogP contribution in [0.2, 0.25) is 0 Å². The van der Waals surface area contributed by atoms with E-state index in [1.54, 1.807) is 13.8 Å². The summed E-state index contributed by atoms with van der Waals surface area (Å²) < 4.78 is 13.4. The molecule has 3 heteroatoms. The highest BCUT2D eigenvalue weighted by Gasteiger charge is 2.39. The molecule has 1 aliphatic rings. The third-order valence-corrected chi connectivity index (χ3v) is 2.66. The number of phenols is 1. The number of aromatic hydroxyl groups is 1. The molecule has 14 heavy (non-hydrogen) atoms. The van der Waals surface area contributed by atoms with Crippen LogP contribution in [-0.4, -0.2) is 10.9 Å². The number of rotatable bonds is 0. The average molecular weight is 194 g/mol. The summed E-state index contributed by atoms with van der Waals surface area (Å²) in [7, 11) is 0. The van der Waals surface area contributed by atoms with Crippen molar-refractivity contribution in [1.82, 2.24) is 0 Å². The van der Waals surface area contributed by atoms with Gasteiger partial charge < -0.3 is 5.11 Å². The van der Waals surface area contributed by atoms with Gasteiger partial charge in [0, 0.05) is 17.0 Å². The Labute approximate surface area is 81.4 Å². The second-order valence-electron chi connectivity index (χ2n) is 4.34. The van der Waals surface area contributed by atoms with Gasteiger partial charge >= 0.3 is 0 Å². The third-order valence-electron chi connectivity index (χ3n) is 2.66. The number of fused-ring (bicyclic) bond motifs is 1. The normalized spacial score (nSPS) is 18.4. The van der Waals surface area contributed by atoms with Crippen molar-refractivity contribution in [2.75, 3.05) is 0 Å². The minimum Gasteiger partial charge on any atom is -0.508 e. The van der Waals surface area contributed by atoms with Gasteiger partial charge in [0.15, 0.2) is 5.78 Å². The number of hydrogen-bond acceptors (Lipinski definition) is 2. The molecule has 0 unspecified atom stereocenters. The lowest BCUT2D eigenvalue weighted by atomic mass is 9.89. The maximum atomic E-state index is 13.4. The number of benzene rings is 1. The molecule has 1 aromatic carbocycles. The summed E-state index contributed by atoms with van der Waals surface area (Å²) >= 11 is 0. The van der Waals surface area contributed by atoms with Crippen LogP contribution in [0.1, 0.15) is 29.8 Å². The molecule has 0 heterocycles. The maximum absolute atomic E-state index is 13.4. The van der Waals surface area contributed by atoms with E-state index >= 15 is 0 Å². The lowest BCUT2D eigenvalue weighted by Crippen LogP contribution is -2.18. The molecular formula is C11H11FO2. The van der Waals surface area contributed by atoms with Crippen LogP contribution in [0.15, 0.2) is 12.1 Å². The van der Waals surface area contributed by atoms with Gasteiger partial charge in [0.25, 0.3) is 0 Å². The second-order valence-corrected chi connectivity index (χ2v) is 4.34. The van der Waals surface area contributed by atoms with E-state index in [9.17, 15) is 14.3 Å². The predicted molar refractivity (Wildman–Crippen MR) is 49.9 cm³/mol. The molecule has 0 radical (unpaired) electrons. The van der Waals surface area contributed by atoms with Crippen molar-refractivity contribution >= 4 is 5.78 Å². The van der Waals surface area contributed by atoms with Gasteiger partial charge in [-0.1, -0.05) is 13.8 Å². The Kier molecular flexibility index (Phi) is 1.68. The first-order valence-corrected chi connectivity index (χ1v) is 4.48. The number of carbonyl (C=O) groups is 1. The van der Waals surface area contributed by atoms with Gasteiger partial charge in [-0.3, -0.25) is 4.79 Å². The van der Waals surface area contributed by atoms with Crippen molar-refractivity contribution in [2.45, 2.75) is 20.3 Å². The zero-order valence-electron chi connectivity index (χ0n) is 8.10. The van der Waals surface area contributed by atoms with E-state index in [4.69, 9.17) is 0 Å². The number of phenolic OH excluding ortho intramolecular Hbond substituents is 1. The fourth-order valence-corrected chi connectivity index (χ4v) is 1.89. The number of hydrogen-bond donors (Lipinski definition) is 1. The van der Waals surface area contributed by atoms with Crippen LogP contribution >= 0.6 is 0 Å². The first-order chi connectivity index (χ1) is 6.42. The number of halogens is 1. The molecule has 0 saturated heterocycles. The first-order valence-electron chi connectivity index (χ1n) is 4.48. The lowest BCUT2D eigenvalue weighted by molar-refractivity contribution is 0.0863. The Hall–Kier alpha value is -1.38. The van der Waals surface area contributed by atoms with E-state index in [0.717, 1.165) is 6.07 Å². The second kappa shape index (κ2) is 2.56. The van der Waals surface area contributed by atoms with Crippen LogP contribution in [0.3, 0.4) is 0 Å². The molecule has 0 atom stereocenters. The van der Waals surface area contributed by atoms with Crippen LogP contribution in [0.5, 0.6) is 5.75 Å². The summed E-state index contributed by atoms with van der Waals surface area (Å²) in [6.45, 7) is 3.57. The molecule has 0 aromatic heterocycles. The molecule has 0 aliphatic heterocycles. The molecule has 2 nitrogen and oxygen atoms in total. The van der Waals surface area contributed by atoms with Gasteiger partial charge in [-0.25, -0.2) is 4.39 Å². The van der Waals surface area contributed by atoms with E-state index < -0.39 is 11.2 Å². The SMILES string of the molecule is CC1(C)Cc2c(F)cc(O)cc2C1=O. The quantitative estimate of drug-likeness (QED) is 0.688. The Balaban J connectivity index is 2.65. The van der Waals surface area contributed by atoms with Gasteiger partial charge in [-0.15, -0.1) is 0 Å². The maximum Gasteiger partial charge on any atom is 0.169 e. The largest absolute Gasteiger partial charge is 0.508 e. The molecule has 0 saturated carbocycles. The lowest BCUT2D eigenvalue weighted by Gasteiger charge is -2.12. The molecule has 1 N–H and O–H groups in total. The Morgan fingerprint density at radius 1 is 1.43 bits per heavy atom. The minimum absolute atomic E-state index is 0.0951. The molecule has 74 valence electrons. The predicted octanol–water partition coefficient (Wildman–Crippen LogP) is 2.30. The molecule has 2 rings (SSSR count). The smallest absolute Gasteiger partial charge is 0.169 e. The molecule has 0 fully saturated rings. The van der Waals surface area contributed by atoms with Crippen LogP contribution in [0.25, 0.3) is 0 Å². The van der Waals surface area contributed by atoms with Crippen molar-refractivity contribution in [2.24, 2.45) is 5.41 Å². The molecule has 0 spiro atoms. The summed E-state index contributed by atoms with van der Waals surface area (Å²) in [5, 5.41) is 9.17. The van der Waals surface area contributed by atoms with Crippen molar-refractivity contribution < 1.29 is 14.3 Å². The summed E-state index contributed by atoms with van der Waals surface area (Å²) in [4.78, 5) is 11.7. The number of Topliss-reactive ketones (excluding diaryl/α,β-unsaturated/α-hetero) is 1. The van der Waals surface area contributed by atoms with Crippen LogP contribution in [0.4, 0.5) is 4.39 Å². The van der Waals surface area contributed by atoms with E-state index in [1.807, 2.05) is 0 Å². The van der Waals surface area contributed by atoms with Crippen molar-refractivity contribution in [3.63, 3.8) is 0 Å². The monoisotopic (exact) mass is 194 g/mol. The summed E-state index contributed by atoms with van der Waals surface area (Å²) in [6, 6.07) is 2.39. The van der Waals surface area contributed by atoms with Crippen molar-refractivity contribution in [3.05, 3.63) is 29.1 Å². The summed E-state index contributed by atoms with van der Waals surface area (Å²) in [6.07, 6.45) is 0.410. The number of ketones is 1. The molecule has 1 aliphatic carbocycles. The van der Waals surface area contributed by atoms with Gasteiger partial charge in [-0.05, 0) is 18.1 Å². The Morgan fingerprint density at radius 3 is 2.71 bits per heavy atom. The summed E-state index contributed by atoms with van der Waals surface area (Å²) in [5.74, 6) is -0.770. The highest BCUT2D eigenvalue weighted by atomic mass is 19.1. The van der Waals surface area contributed by atoms with Gasteiger partial charge in [-0.2, -0.15) is 0 Å². The van der Waals surface area contributed by atoms with Gasteiger partial charge in [0.05, 0.1) is 0 Å². The Bertz CT molecular complexity index is 422. The zero-order chi connectivity index (χ0) is 10.5. The topological polar surface area (TPSA) is 37.3 Å². The van der Waals surface area contributed by atoms with Crippen molar-refractivity contribution in [3.8, 4) is 5.75 Å². The highest BCUT2D eigenvalue weighted by Crippen LogP contribution is 2.38. The van der Waals surface area contributed by atoms with Crippen LogP contribution in [-0.2, 0) is 6.42 Å². The molecule has 1 aromatic rings. The zero-order valence-corrected chi connectivity index (χ0v) is 8.10. The first kappa shape index (κ1) is 9.19. The fraction of sp³-hybridized carbons (Fsp3) is 0.364. The summed E-state index contributed by atoms with van der Waals surface area (Å²) in [5.41, 5.74) is 0.210. The molecule has 0 amide bonds. The highest BCUT2D eigenvalue weighted by molar-refractivity contribution is 6.04. The van der Waals surface area contributed by atoms with E-state index in [-0.39, 0.29) is 11.5 Å². The molecular weight excluding hydrogens is 183 g/mol. The minimum atomic E-state index is -0.545. The van der Waals surface area contributed by atoms with Crippen molar-refractivity contribution in [1.29, 1.82) is 0 Å². The fourth-order valence-electron chi connectivity index (χ4n) is 1.89. The number of carbonyl (C=O) groups excluding carboxylic acids is 1. The third kappa shape index (κ3) is 1.12. The van der Waals surface area contributed by atoms with Crippen LogP contribution < -0.4 is 0 Å². The van der Waals surface area contributed by atoms with Gasteiger partial charge in [0.1, 0.15) is 11.6 Å². The van der Waals surface area contributed by atoms with E-state index in [2.05, 4.69) is 0 Å². The molecule has 0 bridgehead atoms. The standard InChI is InChI=1S/C11H11FO2/c1-11(2)5-8-7(10(11)14)3-6(13)4-9(8)12/h3-4,13H,5H2,1-2H3. The van der Waals surface area contributed by atoms with Gasteiger partial charge in [0.2, 0.25) is 0 Å². The van der Waals surface area contributed by atoms with Crippen LogP contribution in [0, 0.1) is 11.2 Å².